The Bertz CT molecular complexity index is 1010. The standard InChI is InChI=1S/C20H18N4/c21-17-9-15(11-5-1-3-7-13(11)19(17)23)16-10-18(22)20(24)14-8-4-2-6-12(14)16/h1-10H,21-24H2. The average Bonchev–Trinajstić information content (AvgIpc) is 2.61. The molecule has 0 bridgehead atoms. The molecule has 118 valence electrons. The van der Waals surface area contributed by atoms with E-state index in [1.807, 2.05) is 60.7 Å². The fraction of sp³-hybridized carbons (Fsp3) is 0. The topological polar surface area (TPSA) is 104 Å². The van der Waals surface area contributed by atoms with Crippen molar-refractivity contribution < 1.29 is 0 Å². The minimum atomic E-state index is 0.558. The SMILES string of the molecule is Nc1cc(-c2cc(N)c(N)c3ccccc23)c2ccccc2c1N. The third-order valence-corrected chi connectivity index (χ3v) is 4.53. The van der Waals surface area contributed by atoms with Gasteiger partial charge in [-0.05, 0) is 34.0 Å². The molecule has 4 aromatic rings. The maximum atomic E-state index is 6.16. The monoisotopic (exact) mass is 314 g/mol. The minimum absolute atomic E-state index is 0.558. The highest BCUT2D eigenvalue weighted by atomic mass is 14.7. The Hall–Kier alpha value is -3.40. The third kappa shape index (κ3) is 1.93. The lowest BCUT2D eigenvalue weighted by molar-refractivity contribution is 1.65. The van der Waals surface area contributed by atoms with Crippen molar-refractivity contribution in [1.82, 2.24) is 0 Å². The molecule has 0 atom stereocenters. The summed E-state index contributed by atoms with van der Waals surface area (Å²) in [6.45, 7) is 0. The molecule has 8 N–H and O–H groups in total. The first kappa shape index (κ1) is 14.2. The summed E-state index contributed by atoms with van der Waals surface area (Å²) in [7, 11) is 0. The van der Waals surface area contributed by atoms with Crippen LogP contribution >= 0.6 is 0 Å². The van der Waals surface area contributed by atoms with Crippen molar-refractivity contribution in [3.05, 3.63) is 60.7 Å². The van der Waals surface area contributed by atoms with Crippen LogP contribution in [0.5, 0.6) is 0 Å². The number of hydrogen-bond acceptors (Lipinski definition) is 4. The van der Waals surface area contributed by atoms with Crippen molar-refractivity contribution in [3.63, 3.8) is 0 Å². The molecule has 0 radical (unpaired) electrons. The van der Waals surface area contributed by atoms with Gasteiger partial charge in [-0.1, -0.05) is 48.5 Å². The van der Waals surface area contributed by atoms with Crippen molar-refractivity contribution in [1.29, 1.82) is 0 Å². The highest BCUT2D eigenvalue weighted by Crippen LogP contribution is 2.41. The molecule has 0 spiro atoms. The van der Waals surface area contributed by atoms with Gasteiger partial charge in [-0.25, -0.2) is 0 Å². The smallest absolute Gasteiger partial charge is 0.0627 e. The van der Waals surface area contributed by atoms with Gasteiger partial charge in [-0.2, -0.15) is 0 Å². The predicted molar refractivity (Wildman–Crippen MR) is 105 cm³/mol. The van der Waals surface area contributed by atoms with Crippen LogP contribution in [0.3, 0.4) is 0 Å². The van der Waals surface area contributed by atoms with Crippen molar-refractivity contribution in [2.45, 2.75) is 0 Å². The lowest BCUT2D eigenvalue weighted by Crippen LogP contribution is -1.99. The summed E-state index contributed by atoms with van der Waals surface area (Å²) in [6.07, 6.45) is 0. The number of anilines is 4. The normalized spacial score (nSPS) is 11.2. The van der Waals surface area contributed by atoms with Crippen LogP contribution in [0.1, 0.15) is 0 Å². The van der Waals surface area contributed by atoms with Gasteiger partial charge in [0.2, 0.25) is 0 Å². The van der Waals surface area contributed by atoms with Crippen molar-refractivity contribution in [3.8, 4) is 11.1 Å². The summed E-state index contributed by atoms with van der Waals surface area (Å²) in [5.74, 6) is 0. The molecule has 24 heavy (non-hydrogen) atoms. The van der Waals surface area contributed by atoms with Gasteiger partial charge < -0.3 is 22.9 Å². The summed E-state index contributed by atoms with van der Waals surface area (Å²) in [4.78, 5) is 0. The van der Waals surface area contributed by atoms with E-state index in [1.165, 1.54) is 0 Å². The van der Waals surface area contributed by atoms with Gasteiger partial charge in [0.25, 0.3) is 0 Å². The molecule has 0 heterocycles. The summed E-state index contributed by atoms with van der Waals surface area (Å²) in [6, 6.07) is 19.8. The summed E-state index contributed by atoms with van der Waals surface area (Å²) in [5.41, 5.74) is 29.0. The van der Waals surface area contributed by atoms with Gasteiger partial charge in [0, 0.05) is 10.8 Å². The molecule has 0 fully saturated rings. The summed E-state index contributed by atoms with van der Waals surface area (Å²) >= 11 is 0. The number of nitrogens with two attached hydrogens (primary N) is 4. The lowest BCUT2D eigenvalue weighted by Gasteiger charge is -2.16. The van der Waals surface area contributed by atoms with Crippen LogP contribution in [0.15, 0.2) is 60.7 Å². The Morgan fingerprint density at radius 2 is 0.792 bits per heavy atom. The van der Waals surface area contributed by atoms with Crippen LogP contribution in [-0.2, 0) is 0 Å². The largest absolute Gasteiger partial charge is 0.397 e. The molecule has 0 aliphatic heterocycles. The van der Waals surface area contributed by atoms with E-state index in [2.05, 4.69) is 0 Å². The maximum absolute atomic E-state index is 6.16. The predicted octanol–water partition coefficient (Wildman–Crippen LogP) is 3.99. The van der Waals surface area contributed by atoms with E-state index in [1.54, 1.807) is 0 Å². The molecule has 0 aromatic heterocycles. The van der Waals surface area contributed by atoms with E-state index in [-0.39, 0.29) is 0 Å². The molecule has 0 aliphatic rings. The molecule has 0 aliphatic carbocycles. The second kappa shape index (κ2) is 5.06. The molecule has 4 heteroatoms. The molecule has 0 saturated heterocycles. The molecular weight excluding hydrogens is 296 g/mol. The van der Waals surface area contributed by atoms with Crippen LogP contribution in [0.2, 0.25) is 0 Å². The van der Waals surface area contributed by atoms with Crippen LogP contribution in [-0.4, -0.2) is 0 Å². The van der Waals surface area contributed by atoms with Crippen molar-refractivity contribution >= 4 is 44.3 Å². The zero-order chi connectivity index (χ0) is 16.8. The number of fused-ring (bicyclic) bond motifs is 2. The summed E-state index contributed by atoms with van der Waals surface area (Å²) in [5, 5.41) is 3.95. The van der Waals surface area contributed by atoms with Crippen LogP contribution in [0.25, 0.3) is 32.7 Å². The molecule has 0 amide bonds. The van der Waals surface area contributed by atoms with Gasteiger partial charge in [0.15, 0.2) is 0 Å². The molecule has 4 nitrogen and oxygen atoms in total. The molecule has 0 saturated carbocycles. The highest BCUT2D eigenvalue weighted by Gasteiger charge is 2.14. The number of benzene rings is 4. The maximum Gasteiger partial charge on any atom is 0.0627 e. The molecule has 4 aromatic carbocycles. The number of rotatable bonds is 1. The molecular formula is C20H18N4. The zero-order valence-electron chi connectivity index (χ0n) is 13.1. The third-order valence-electron chi connectivity index (χ3n) is 4.53. The lowest BCUT2D eigenvalue weighted by atomic mass is 9.91. The fourth-order valence-corrected chi connectivity index (χ4v) is 3.28. The van der Waals surface area contributed by atoms with Crippen molar-refractivity contribution in [2.24, 2.45) is 0 Å². The second-order valence-corrected chi connectivity index (χ2v) is 5.95. The van der Waals surface area contributed by atoms with Gasteiger partial charge in [0.1, 0.15) is 0 Å². The average molecular weight is 314 g/mol. The van der Waals surface area contributed by atoms with Gasteiger partial charge >= 0.3 is 0 Å². The Labute approximate surface area is 139 Å². The van der Waals surface area contributed by atoms with E-state index in [0.717, 1.165) is 32.7 Å². The highest BCUT2D eigenvalue weighted by molar-refractivity contribution is 6.14. The van der Waals surface area contributed by atoms with E-state index in [4.69, 9.17) is 22.9 Å². The van der Waals surface area contributed by atoms with E-state index < -0.39 is 0 Å². The first-order chi connectivity index (χ1) is 11.6. The second-order valence-electron chi connectivity index (χ2n) is 5.95. The van der Waals surface area contributed by atoms with E-state index >= 15 is 0 Å². The Morgan fingerprint density at radius 1 is 0.458 bits per heavy atom. The quantitative estimate of drug-likeness (QED) is 0.399. The van der Waals surface area contributed by atoms with Gasteiger partial charge in [0.05, 0.1) is 22.7 Å². The number of hydrogen-bond donors (Lipinski definition) is 4. The first-order valence-corrected chi connectivity index (χ1v) is 7.71. The van der Waals surface area contributed by atoms with Gasteiger partial charge in [-0.3, -0.25) is 0 Å². The minimum Gasteiger partial charge on any atom is -0.397 e. The molecule has 0 unspecified atom stereocenters. The van der Waals surface area contributed by atoms with Crippen LogP contribution in [0, 0.1) is 0 Å². The molecule has 4 rings (SSSR count). The fourth-order valence-electron chi connectivity index (χ4n) is 3.28. The van der Waals surface area contributed by atoms with Crippen LogP contribution < -0.4 is 22.9 Å². The van der Waals surface area contributed by atoms with Gasteiger partial charge in [-0.15, -0.1) is 0 Å². The Kier molecular flexibility index (Phi) is 3.00. The van der Waals surface area contributed by atoms with E-state index in [9.17, 15) is 0 Å². The first-order valence-electron chi connectivity index (χ1n) is 7.71. The van der Waals surface area contributed by atoms with Crippen LogP contribution in [0.4, 0.5) is 22.7 Å². The number of nitrogen functional groups attached to an aromatic ring is 4. The Balaban J connectivity index is 2.19. The zero-order valence-corrected chi connectivity index (χ0v) is 13.1. The van der Waals surface area contributed by atoms with Crippen molar-refractivity contribution in [2.75, 3.05) is 22.9 Å². The van der Waals surface area contributed by atoms with E-state index in [0.29, 0.717) is 22.7 Å². The Morgan fingerprint density at radius 3 is 1.17 bits per heavy atom. The summed E-state index contributed by atoms with van der Waals surface area (Å²) < 4.78 is 0.